The lowest BCUT2D eigenvalue weighted by atomic mass is 10.3. The van der Waals surface area contributed by atoms with Crippen LogP contribution in [-0.2, 0) is 6.54 Å². The van der Waals surface area contributed by atoms with E-state index in [0.717, 1.165) is 75.4 Å². The topological polar surface area (TPSA) is 41.7 Å². The van der Waals surface area contributed by atoms with E-state index in [0.29, 0.717) is 0 Å². The summed E-state index contributed by atoms with van der Waals surface area (Å²) < 4.78 is 11.4. The lowest BCUT2D eigenvalue weighted by Crippen LogP contribution is -2.46. The summed E-state index contributed by atoms with van der Waals surface area (Å²) in [6.07, 6.45) is 1.06. The zero-order chi connectivity index (χ0) is 16.8. The maximum absolute atomic E-state index is 5.75. The van der Waals surface area contributed by atoms with Crippen molar-refractivity contribution in [3.8, 4) is 5.75 Å². The molecule has 1 aromatic carbocycles. The molecular weight excluding hydrogens is 302 g/mol. The third-order valence-corrected chi connectivity index (χ3v) is 4.53. The van der Waals surface area contributed by atoms with E-state index in [9.17, 15) is 0 Å². The van der Waals surface area contributed by atoms with Gasteiger partial charge < -0.3 is 14.1 Å². The molecule has 5 nitrogen and oxygen atoms in total. The second kappa shape index (κ2) is 8.31. The van der Waals surface area contributed by atoms with Crippen LogP contribution in [0, 0.1) is 13.8 Å². The van der Waals surface area contributed by atoms with Crippen molar-refractivity contribution >= 4 is 0 Å². The first-order chi connectivity index (χ1) is 11.7. The van der Waals surface area contributed by atoms with Crippen molar-refractivity contribution in [1.29, 1.82) is 0 Å². The van der Waals surface area contributed by atoms with E-state index in [2.05, 4.69) is 14.8 Å². The van der Waals surface area contributed by atoms with Crippen molar-refractivity contribution in [3.63, 3.8) is 0 Å². The Morgan fingerprint density at radius 2 is 1.75 bits per heavy atom. The van der Waals surface area contributed by atoms with Gasteiger partial charge in [0.1, 0.15) is 11.5 Å². The summed E-state index contributed by atoms with van der Waals surface area (Å²) in [4.78, 5) is 9.40. The number of hydrogen-bond donors (Lipinski definition) is 0. The monoisotopic (exact) mass is 329 g/mol. The fourth-order valence-corrected chi connectivity index (χ4v) is 2.96. The molecule has 0 atom stereocenters. The predicted octanol–water partition coefficient (Wildman–Crippen LogP) is 2.88. The zero-order valence-corrected chi connectivity index (χ0v) is 14.7. The highest BCUT2D eigenvalue weighted by atomic mass is 16.5. The van der Waals surface area contributed by atoms with Crippen LogP contribution in [0.2, 0.25) is 0 Å². The minimum atomic E-state index is 0.777. The second-order valence-corrected chi connectivity index (χ2v) is 6.38. The van der Waals surface area contributed by atoms with E-state index in [1.54, 1.807) is 0 Å². The molecule has 1 aliphatic heterocycles. The number of aromatic nitrogens is 1. The van der Waals surface area contributed by atoms with E-state index < -0.39 is 0 Å². The molecule has 0 saturated carbocycles. The molecule has 0 spiro atoms. The zero-order valence-electron chi connectivity index (χ0n) is 14.7. The van der Waals surface area contributed by atoms with Crippen molar-refractivity contribution in [2.75, 3.05) is 39.3 Å². The first-order valence-corrected chi connectivity index (χ1v) is 8.76. The summed E-state index contributed by atoms with van der Waals surface area (Å²) in [7, 11) is 0. The van der Waals surface area contributed by atoms with Gasteiger partial charge in [-0.3, -0.25) is 4.90 Å². The molecule has 0 radical (unpaired) electrons. The van der Waals surface area contributed by atoms with Gasteiger partial charge in [0, 0.05) is 32.7 Å². The lowest BCUT2D eigenvalue weighted by molar-refractivity contribution is 0.114. The average Bonchev–Trinajstić information content (AvgIpc) is 2.92. The van der Waals surface area contributed by atoms with Gasteiger partial charge in [0.05, 0.1) is 18.8 Å². The van der Waals surface area contributed by atoms with E-state index in [1.807, 2.05) is 44.2 Å². The smallest absolute Gasteiger partial charge is 0.208 e. The van der Waals surface area contributed by atoms with Crippen molar-refractivity contribution in [3.05, 3.63) is 47.7 Å². The van der Waals surface area contributed by atoms with Gasteiger partial charge >= 0.3 is 0 Å². The highest BCUT2D eigenvalue weighted by Gasteiger charge is 2.18. The van der Waals surface area contributed by atoms with Crippen molar-refractivity contribution < 1.29 is 9.15 Å². The Labute approximate surface area is 144 Å². The largest absolute Gasteiger partial charge is 0.494 e. The Balaban J connectivity index is 1.32. The number of rotatable bonds is 7. The van der Waals surface area contributed by atoms with E-state index in [4.69, 9.17) is 9.15 Å². The maximum atomic E-state index is 5.75. The van der Waals surface area contributed by atoms with Gasteiger partial charge in [-0.05, 0) is 32.4 Å². The van der Waals surface area contributed by atoms with Crippen LogP contribution in [0.1, 0.15) is 23.8 Å². The number of aryl methyl sites for hydroxylation is 2. The first kappa shape index (κ1) is 17.0. The number of piperazine rings is 1. The SMILES string of the molecule is Cc1nc(CN2CCN(CCCOc3ccccc3)CC2)oc1C. The molecule has 0 bridgehead atoms. The molecule has 1 aromatic heterocycles. The van der Waals surface area contributed by atoms with Gasteiger partial charge in [-0.15, -0.1) is 0 Å². The average molecular weight is 329 g/mol. The van der Waals surface area contributed by atoms with Gasteiger partial charge in [0.25, 0.3) is 0 Å². The molecule has 0 N–H and O–H groups in total. The standard InChI is InChI=1S/C19H27N3O2/c1-16-17(2)24-19(20-16)15-22-12-10-21(11-13-22)9-6-14-23-18-7-4-3-5-8-18/h3-5,7-8H,6,9-15H2,1-2H3. The third kappa shape index (κ3) is 4.82. The predicted molar refractivity (Wildman–Crippen MR) is 94.2 cm³/mol. The summed E-state index contributed by atoms with van der Waals surface area (Å²) in [6.45, 7) is 11.0. The molecule has 130 valence electrons. The molecule has 0 unspecified atom stereocenters. The highest BCUT2D eigenvalue weighted by Crippen LogP contribution is 2.13. The minimum Gasteiger partial charge on any atom is -0.494 e. The number of ether oxygens (including phenoxy) is 1. The summed E-state index contributed by atoms with van der Waals surface area (Å²) in [5.74, 6) is 2.73. The Morgan fingerprint density at radius 1 is 1.04 bits per heavy atom. The van der Waals surface area contributed by atoms with E-state index in [1.165, 1.54) is 0 Å². The van der Waals surface area contributed by atoms with Crippen molar-refractivity contribution in [1.82, 2.24) is 14.8 Å². The first-order valence-electron chi connectivity index (χ1n) is 8.76. The molecule has 1 saturated heterocycles. The van der Waals surface area contributed by atoms with Crippen LogP contribution in [0.25, 0.3) is 0 Å². The van der Waals surface area contributed by atoms with Crippen molar-refractivity contribution in [2.45, 2.75) is 26.8 Å². The van der Waals surface area contributed by atoms with Gasteiger partial charge in [0.15, 0.2) is 0 Å². The minimum absolute atomic E-state index is 0.777. The lowest BCUT2D eigenvalue weighted by Gasteiger charge is -2.33. The van der Waals surface area contributed by atoms with Crippen LogP contribution in [-0.4, -0.2) is 54.1 Å². The van der Waals surface area contributed by atoms with E-state index in [-0.39, 0.29) is 0 Å². The summed E-state index contributed by atoms with van der Waals surface area (Å²) in [6, 6.07) is 10.0. The molecule has 24 heavy (non-hydrogen) atoms. The number of nitrogens with zero attached hydrogens (tertiary/aromatic N) is 3. The number of para-hydroxylation sites is 1. The Hall–Kier alpha value is -1.85. The van der Waals surface area contributed by atoms with Crippen LogP contribution in [0.3, 0.4) is 0 Å². The van der Waals surface area contributed by atoms with Crippen LogP contribution in [0.4, 0.5) is 0 Å². The molecular formula is C19H27N3O2. The van der Waals surface area contributed by atoms with Gasteiger partial charge in [-0.1, -0.05) is 18.2 Å². The highest BCUT2D eigenvalue weighted by molar-refractivity contribution is 5.20. The van der Waals surface area contributed by atoms with Crippen LogP contribution in [0.15, 0.2) is 34.7 Å². The maximum Gasteiger partial charge on any atom is 0.208 e. The van der Waals surface area contributed by atoms with Crippen molar-refractivity contribution in [2.24, 2.45) is 0 Å². The normalized spacial score (nSPS) is 16.4. The van der Waals surface area contributed by atoms with Gasteiger partial charge in [0.2, 0.25) is 5.89 Å². The van der Waals surface area contributed by atoms with Gasteiger partial charge in [-0.2, -0.15) is 0 Å². The summed E-state index contributed by atoms with van der Waals surface area (Å²) in [5.41, 5.74) is 1.00. The second-order valence-electron chi connectivity index (χ2n) is 6.38. The molecule has 1 aliphatic rings. The quantitative estimate of drug-likeness (QED) is 0.731. The number of oxazole rings is 1. The van der Waals surface area contributed by atoms with E-state index >= 15 is 0 Å². The molecule has 2 heterocycles. The molecule has 0 aliphatic carbocycles. The Morgan fingerprint density at radius 3 is 2.42 bits per heavy atom. The van der Waals surface area contributed by atoms with Crippen LogP contribution >= 0.6 is 0 Å². The summed E-state index contributed by atoms with van der Waals surface area (Å²) in [5, 5.41) is 0. The molecule has 5 heteroatoms. The molecule has 3 rings (SSSR count). The fraction of sp³-hybridized carbons (Fsp3) is 0.526. The molecule has 1 fully saturated rings. The van der Waals surface area contributed by atoms with Gasteiger partial charge in [-0.25, -0.2) is 4.98 Å². The van der Waals surface area contributed by atoms with Crippen LogP contribution in [0.5, 0.6) is 5.75 Å². The third-order valence-electron chi connectivity index (χ3n) is 4.53. The Kier molecular flexibility index (Phi) is 5.88. The fourth-order valence-electron chi connectivity index (χ4n) is 2.96. The molecule has 2 aromatic rings. The summed E-state index contributed by atoms with van der Waals surface area (Å²) >= 11 is 0. The number of hydrogen-bond acceptors (Lipinski definition) is 5. The molecule has 0 amide bonds. The van der Waals surface area contributed by atoms with Crippen LogP contribution < -0.4 is 4.74 Å². The Bertz CT molecular complexity index is 599. The number of benzene rings is 1.